The molecule has 2 fully saturated rings. The fourth-order valence-electron chi connectivity index (χ4n) is 3.03. The summed E-state index contributed by atoms with van der Waals surface area (Å²) in [6, 6.07) is 13.7. The van der Waals surface area contributed by atoms with Crippen molar-refractivity contribution in [1.82, 2.24) is 25.9 Å². The van der Waals surface area contributed by atoms with Gasteiger partial charge in [0.05, 0.1) is 23.5 Å². The average Bonchev–Trinajstić information content (AvgIpc) is 2.47. The molecule has 0 amide bonds. The lowest BCUT2D eigenvalue weighted by Crippen LogP contribution is -2.67. The third kappa shape index (κ3) is 2.44. The van der Waals surface area contributed by atoms with Gasteiger partial charge in [-0.1, -0.05) is 12.1 Å². The van der Waals surface area contributed by atoms with E-state index in [1.165, 1.54) is 0 Å². The summed E-state index contributed by atoms with van der Waals surface area (Å²) in [5, 5.41) is 10.7. The van der Waals surface area contributed by atoms with Crippen molar-refractivity contribution in [1.29, 1.82) is 0 Å². The molecule has 4 rings (SSSR count). The molecule has 5 nitrogen and oxygen atoms in total. The van der Waals surface area contributed by atoms with Gasteiger partial charge in [0, 0.05) is 37.6 Å². The number of hydrogen-bond acceptors (Lipinski definition) is 5. The van der Waals surface area contributed by atoms with E-state index in [4.69, 9.17) is 0 Å². The van der Waals surface area contributed by atoms with Gasteiger partial charge in [0.1, 0.15) is 0 Å². The van der Waals surface area contributed by atoms with E-state index in [0.717, 1.165) is 24.5 Å². The molecule has 108 valence electrons. The highest BCUT2D eigenvalue weighted by atomic mass is 15.2. The van der Waals surface area contributed by atoms with E-state index in [-0.39, 0.29) is 0 Å². The fourth-order valence-corrected chi connectivity index (χ4v) is 3.03. The Bertz CT molecular complexity index is 535. The second kappa shape index (κ2) is 5.52. The van der Waals surface area contributed by atoms with Crippen molar-refractivity contribution in [3.8, 4) is 0 Å². The van der Waals surface area contributed by atoms with Crippen LogP contribution in [-0.4, -0.2) is 35.1 Å². The molecule has 4 heterocycles. The first kappa shape index (κ1) is 12.9. The molecule has 2 aromatic rings. The van der Waals surface area contributed by atoms with Gasteiger partial charge in [-0.25, -0.2) is 0 Å². The van der Waals surface area contributed by atoms with Crippen molar-refractivity contribution in [2.45, 2.75) is 24.2 Å². The van der Waals surface area contributed by atoms with Crippen molar-refractivity contribution in [2.24, 2.45) is 0 Å². The third-order valence-corrected chi connectivity index (χ3v) is 4.36. The summed E-state index contributed by atoms with van der Waals surface area (Å²) in [6.07, 6.45) is 3.71. The maximum atomic E-state index is 4.45. The molecule has 3 N–H and O–H groups in total. The minimum absolute atomic E-state index is 0.316. The lowest BCUT2D eigenvalue weighted by atomic mass is 9.90. The Labute approximate surface area is 124 Å². The number of aromatic nitrogens is 2. The number of pyridine rings is 2. The zero-order chi connectivity index (χ0) is 14.1. The highest BCUT2D eigenvalue weighted by Gasteiger charge is 2.39. The monoisotopic (exact) mass is 281 g/mol. The zero-order valence-electron chi connectivity index (χ0n) is 11.7. The molecule has 2 saturated heterocycles. The SMILES string of the molecule is c1ccc(C2NCC2NC2CNC2c2ccccn2)nc1. The molecule has 4 atom stereocenters. The van der Waals surface area contributed by atoms with Gasteiger partial charge in [-0.3, -0.25) is 9.97 Å². The molecule has 0 spiro atoms. The van der Waals surface area contributed by atoms with E-state index in [1.54, 1.807) is 0 Å². The van der Waals surface area contributed by atoms with Crippen molar-refractivity contribution >= 4 is 0 Å². The van der Waals surface area contributed by atoms with Crippen LogP contribution in [-0.2, 0) is 0 Å². The van der Waals surface area contributed by atoms with Gasteiger partial charge in [-0.2, -0.15) is 0 Å². The molecule has 21 heavy (non-hydrogen) atoms. The van der Waals surface area contributed by atoms with Crippen molar-refractivity contribution in [3.05, 3.63) is 60.2 Å². The first-order valence-electron chi connectivity index (χ1n) is 7.46. The topological polar surface area (TPSA) is 61.9 Å². The van der Waals surface area contributed by atoms with E-state index < -0.39 is 0 Å². The number of nitrogens with zero attached hydrogens (tertiary/aromatic N) is 2. The molecule has 0 aromatic carbocycles. The molecule has 0 bridgehead atoms. The van der Waals surface area contributed by atoms with Crippen molar-refractivity contribution in [3.63, 3.8) is 0 Å². The van der Waals surface area contributed by atoms with E-state index in [0.29, 0.717) is 24.2 Å². The minimum Gasteiger partial charge on any atom is -0.306 e. The standard InChI is InChI=1S/C16H19N5/c1-3-7-17-11(5-1)15-13(9-19-15)21-14-10-20-16(14)12-6-2-4-8-18-12/h1-8,13-16,19-21H,9-10H2. The number of nitrogens with one attached hydrogen (secondary N) is 3. The van der Waals surface area contributed by atoms with Gasteiger partial charge in [-0.05, 0) is 24.3 Å². The Kier molecular flexibility index (Phi) is 3.39. The number of hydrogen-bond donors (Lipinski definition) is 3. The lowest BCUT2D eigenvalue weighted by Gasteiger charge is -2.46. The van der Waals surface area contributed by atoms with Crippen LogP contribution in [0, 0.1) is 0 Å². The molecule has 2 aliphatic rings. The van der Waals surface area contributed by atoms with E-state index in [2.05, 4.69) is 38.1 Å². The van der Waals surface area contributed by atoms with Crippen LogP contribution in [0.1, 0.15) is 23.5 Å². The molecule has 2 aromatic heterocycles. The zero-order valence-corrected chi connectivity index (χ0v) is 11.7. The van der Waals surface area contributed by atoms with Crippen LogP contribution in [0.25, 0.3) is 0 Å². The van der Waals surface area contributed by atoms with Gasteiger partial charge in [0.25, 0.3) is 0 Å². The predicted octanol–water partition coefficient (Wildman–Crippen LogP) is 0.792. The molecule has 0 saturated carbocycles. The molecule has 0 aliphatic carbocycles. The van der Waals surface area contributed by atoms with Gasteiger partial charge in [0.15, 0.2) is 0 Å². The van der Waals surface area contributed by atoms with E-state index in [9.17, 15) is 0 Å². The molecular formula is C16H19N5. The Morgan fingerprint density at radius 3 is 1.67 bits per heavy atom. The van der Waals surface area contributed by atoms with Crippen LogP contribution in [0.4, 0.5) is 0 Å². The highest BCUT2D eigenvalue weighted by molar-refractivity contribution is 5.19. The summed E-state index contributed by atoms with van der Waals surface area (Å²) in [5.41, 5.74) is 2.23. The van der Waals surface area contributed by atoms with Crippen LogP contribution < -0.4 is 16.0 Å². The maximum Gasteiger partial charge on any atom is 0.0664 e. The van der Waals surface area contributed by atoms with Crippen molar-refractivity contribution < 1.29 is 0 Å². The molecule has 4 unspecified atom stereocenters. The maximum absolute atomic E-state index is 4.45. The van der Waals surface area contributed by atoms with Crippen LogP contribution in [0.5, 0.6) is 0 Å². The predicted molar refractivity (Wildman–Crippen MR) is 80.7 cm³/mol. The van der Waals surface area contributed by atoms with E-state index >= 15 is 0 Å². The van der Waals surface area contributed by atoms with Gasteiger partial charge < -0.3 is 16.0 Å². The molecule has 0 radical (unpaired) electrons. The summed E-state index contributed by atoms with van der Waals surface area (Å²) in [5.74, 6) is 0. The number of rotatable bonds is 4. The summed E-state index contributed by atoms with van der Waals surface area (Å²) >= 11 is 0. The first-order valence-corrected chi connectivity index (χ1v) is 7.46. The molecule has 5 heteroatoms. The minimum atomic E-state index is 0.316. The highest BCUT2D eigenvalue weighted by Crippen LogP contribution is 2.26. The summed E-state index contributed by atoms with van der Waals surface area (Å²) in [7, 11) is 0. The van der Waals surface area contributed by atoms with Crippen LogP contribution in [0.15, 0.2) is 48.8 Å². The summed E-state index contributed by atoms with van der Waals surface area (Å²) in [4.78, 5) is 8.90. The lowest BCUT2D eigenvalue weighted by molar-refractivity contribution is 0.173. The largest absolute Gasteiger partial charge is 0.306 e. The Morgan fingerprint density at radius 1 is 0.810 bits per heavy atom. The summed E-state index contributed by atoms with van der Waals surface area (Å²) < 4.78 is 0. The Hall–Kier alpha value is -1.82. The Balaban J connectivity index is 1.41. The van der Waals surface area contributed by atoms with Gasteiger partial charge >= 0.3 is 0 Å². The average molecular weight is 281 g/mol. The molecular weight excluding hydrogens is 262 g/mol. The normalized spacial score (nSPS) is 31.2. The smallest absolute Gasteiger partial charge is 0.0664 e. The molecule has 2 aliphatic heterocycles. The van der Waals surface area contributed by atoms with Gasteiger partial charge in [0.2, 0.25) is 0 Å². The van der Waals surface area contributed by atoms with Crippen LogP contribution in [0.2, 0.25) is 0 Å². The summed E-state index contributed by atoms with van der Waals surface area (Å²) in [6.45, 7) is 1.99. The van der Waals surface area contributed by atoms with Gasteiger partial charge in [-0.15, -0.1) is 0 Å². The fraction of sp³-hybridized carbons (Fsp3) is 0.375. The first-order chi connectivity index (χ1) is 10.4. The third-order valence-electron chi connectivity index (χ3n) is 4.36. The van der Waals surface area contributed by atoms with Crippen LogP contribution >= 0.6 is 0 Å². The quantitative estimate of drug-likeness (QED) is 0.773. The second-order valence-electron chi connectivity index (χ2n) is 5.66. The van der Waals surface area contributed by atoms with Crippen molar-refractivity contribution in [2.75, 3.05) is 13.1 Å². The van der Waals surface area contributed by atoms with Crippen LogP contribution in [0.3, 0.4) is 0 Å². The Morgan fingerprint density at radius 2 is 1.33 bits per heavy atom. The van der Waals surface area contributed by atoms with E-state index in [1.807, 2.05) is 36.7 Å². The second-order valence-corrected chi connectivity index (χ2v) is 5.66.